The lowest BCUT2D eigenvalue weighted by Crippen LogP contribution is -2.58. The van der Waals surface area contributed by atoms with E-state index in [9.17, 15) is 0 Å². The number of likely N-dealkylation sites (tertiary alicyclic amines) is 1. The smallest absolute Gasteiger partial charge is 0.0817 e. The van der Waals surface area contributed by atoms with Gasteiger partial charge in [-0.1, -0.05) is 30.3 Å². The van der Waals surface area contributed by atoms with Crippen molar-refractivity contribution in [2.24, 2.45) is 0 Å². The van der Waals surface area contributed by atoms with Crippen LogP contribution in [0.4, 0.5) is 0 Å². The van der Waals surface area contributed by atoms with Crippen molar-refractivity contribution in [2.75, 3.05) is 7.11 Å². The molecule has 0 spiro atoms. The second-order valence-corrected chi connectivity index (χ2v) is 7.06. The van der Waals surface area contributed by atoms with Gasteiger partial charge in [0.1, 0.15) is 0 Å². The molecule has 1 aliphatic heterocycles. The second kappa shape index (κ2) is 5.61. The molecule has 0 aromatic heterocycles. The molecule has 0 radical (unpaired) electrons. The maximum absolute atomic E-state index is 5.24. The van der Waals surface area contributed by atoms with Gasteiger partial charge in [-0.2, -0.15) is 0 Å². The first kappa shape index (κ1) is 15.1. The van der Waals surface area contributed by atoms with Gasteiger partial charge in [-0.15, -0.1) is 0 Å². The summed E-state index contributed by atoms with van der Waals surface area (Å²) in [5, 5.41) is 0. The Hall–Kier alpha value is -1.28. The first-order valence-corrected chi connectivity index (χ1v) is 7.37. The minimum absolute atomic E-state index is 0.141. The van der Waals surface area contributed by atoms with Crippen LogP contribution in [0.5, 0.6) is 0 Å². The van der Waals surface area contributed by atoms with Gasteiger partial charge in [-0.3, -0.25) is 4.90 Å². The van der Waals surface area contributed by atoms with Crippen LogP contribution in [0.15, 0.2) is 42.2 Å². The Morgan fingerprint density at radius 3 is 2.10 bits per heavy atom. The topological polar surface area (TPSA) is 12.5 Å². The second-order valence-electron chi connectivity index (χ2n) is 7.06. The Labute approximate surface area is 123 Å². The highest BCUT2D eigenvalue weighted by Crippen LogP contribution is 2.41. The fourth-order valence-electron chi connectivity index (χ4n) is 3.63. The van der Waals surface area contributed by atoms with Gasteiger partial charge < -0.3 is 4.74 Å². The molecule has 1 aromatic rings. The first-order valence-electron chi connectivity index (χ1n) is 7.37. The Kier molecular flexibility index (Phi) is 4.24. The van der Waals surface area contributed by atoms with Gasteiger partial charge in [0, 0.05) is 17.6 Å². The standard InChI is InChI=1S/C18H27NO/c1-17(2)11-16(14-20-5)12-18(3,4)19(17)13-15-9-7-6-8-10-15/h6-10,14H,11-13H2,1-5H3. The molecule has 2 rings (SSSR count). The third-order valence-corrected chi connectivity index (χ3v) is 4.25. The zero-order chi connectivity index (χ0) is 14.8. The molecule has 0 N–H and O–H groups in total. The summed E-state index contributed by atoms with van der Waals surface area (Å²) in [6, 6.07) is 10.7. The quantitative estimate of drug-likeness (QED) is 0.758. The fraction of sp³-hybridized carbons (Fsp3) is 0.556. The maximum atomic E-state index is 5.24. The molecule has 1 aromatic carbocycles. The zero-order valence-electron chi connectivity index (χ0n) is 13.4. The van der Waals surface area contributed by atoms with E-state index >= 15 is 0 Å². The lowest BCUT2D eigenvalue weighted by atomic mass is 9.77. The molecular weight excluding hydrogens is 246 g/mol. The number of rotatable bonds is 3. The number of ether oxygens (including phenoxy) is 1. The molecule has 0 atom stereocenters. The number of hydrogen-bond donors (Lipinski definition) is 0. The average Bonchev–Trinajstić information content (AvgIpc) is 2.35. The molecular formula is C18H27NO. The first-order chi connectivity index (χ1) is 9.35. The number of benzene rings is 1. The molecule has 1 aliphatic rings. The van der Waals surface area contributed by atoms with E-state index in [2.05, 4.69) is 62.9 Å². The van der Waals surface area contributed by atoms with Crippen molar-refractivity contribution in [1.82, 2.24) is 4.90 Å². The van der Waals surface area contributed by atoms with E-state index in [1.165, 1.54) is 11.1 Å². The van der Waals surface area contributed by atoms with Crippen LogP contribution < -0.4 is 0 Å². The van der Waals surface area contributed by atoms with Crippen LogP contribution in [0, 0.1) is 0 Å². The molecule has 0 unspecified atom stereocenters. The summed E-state index contributed by atoms with van der Waals surface area (Å²) in [7, 11) is 1.74. The average molecular weight is 273 g/mol. The Bertz CT molecular complexity index is 453. The van der Waals surface area contributed by atoms with E-state index in [1.54, 1.807) is 7.11 Å². The van der Waals surface area contributed by atoms with Gasteiger partial charge in [-0.25, -0.2) is 0 Å². The van der Waals surface area contributed by atoms with Crippen LogP contribution in [-0.4, -0.2) is 23.1 Å². The van der Waals surface area contributed by atoms with Gasteiger partial charge in [0.15, 0.2) is 0 Å². The number of methoxy groups -OCH3 is 1. The Balaban J connectivity index is 2.25. The number of nitrogens with zero attached hydrogens (tertiary/aromatic N) is 1. The van der Waals surface area contributed by atoms with E-state index in [-0.39, 0.29) is 11.1 Å². The number of hydrogen-bond acceptors (Lipinski definition) is 2. The van der Waals surface area contributed by atoms with Crippen molar-refractivity contribution in [2.45, 2.75) is 58.2 Å². The summed E-state index contributed by atoms with van der Waals surface area (Å²) >= 11 is 0. The molecule has 0 bridgehead atoms. The van der Waals surface area contributed by atoms with E-state index in [0.717, 1.165) is 19.4 Å². The molecule has 1 saturated heterocycles. The van der Waals surface area contributed by atoms with Gasteiger partial charge in [0.2, 0.25) is 0 Å². The minimum atomic E-state index is 0.141. The molecule has 110 valence electrons. The molecule has 2 nitrogen and oxygen atoms in total. The van der Waals surface area contributed by atoms with Gasteiger partial charge >= 0.3 is 0 Å². The molecule has 0 aliphatic carbocycles. The molecule has 1 fully saturated rings. The summed E-state index contributed by atoms with van der Waals surface area (Å²) in [6.45, 7) is 10.3. The number of piperidine rings is 1. The van der Waals surface area contributed by atoms with Crippen LogP contribution in [0.25, 0.3) is 0 Å². The zero-order valence-corrected chi connectivity index (χ0v) is 13.4. The van der Waals surface area contributed by atoms with Crippen molar-refractivity contribution < 1.29 is 4.74 Å². The summed E-state index contributed by atoms with van der Waals surface area (Å²) in [4.78, 5) is 2.63. The molecule has 2 heteroatoms. The SMILES string of the molecule is COC=C1CC(C)(C)N(Cc2ccccc2)C(C)(C)C1. The van der Waals surface area contributed by atoms with Gasteiger partial charge in [-0.05, 0) is 51.7 Å². The van der Waals surface area contributed by atoms with Crippen molar-refractivity contribution in [3.05, 3.63) is 47.7 Å². The summed E-state index contributed by atoms with van der Waals surface area (Å²) in [6.07, 6.45) is 4.07. The highest BCUT2D eigenvalue weighted by molar-refractivity contribution is 5.20. The van der Waals surface area contributed by atoms with Crippen molar-refractivity contribution in [1.29, 1.82) is 0 Å². The van der Waals surface area contributed by atoms with Crippen molar-refractivity contribution in [3.8, 4) is 0 Å². The minimum Gasteiger partial charge on any atom is -0.504 e. The van der Waals surface area contributed by atoms with Gasteiger partial charge in [0.05, 0.1) is 13.4 Å². The van der Waals surface area contributed by atoms with E-state index in [1.807, 2.05) is 6.26 Å². The van der Waals surface area contributed by atoms with E-state index in [0.29, 0.717) is 0 Å². The van der Waals surface area contributed by atoms with Crippen LogP contribution in [-0.2, 0) is 11.3 Å². The van der Waals surface area contributed by atoms with Crippen LogP contribution in [0.2, 0.25) is 0 Å². The Morgan fingerprint density at radius 2 is 1.60 bits per heavy atom. The predicted octanol–water partition coefficient (Wildman–Crippen LogP) is 4.37. The molecule has 1 heterocycles. The van der Waals surface area contributed by atoms with Crippen molar-refractivity contribution in [3.63, 3.8) is 0 Å². The molecule has 20 heavy (non-hydrogen) atoms. The van der Waals surface area contributed by atoms with Crippen LogP contribution in [0.3, 0.4) is 0 Å². The normalized spacial score (nSPS) is 21.6. The molecule has 0 saturated carbocycles. The lowest BCUT2D eigenvalue weighted by Gasteiger charge is -2.53. The van der Waals surface area contributed by atoms with Crippen LogP contribution >= 0.6 is 0 Å². The Morgan fingerprint density at radius 1 is 1.05 bits per heavy atom. The summed E-state index contributed by atoms with van der Waals surface area (Å²) in [5.41, 5.74) is 3.07. The van der Waals surface area contributed by atoms with Crippen LogP contribution in [0.1, 0.15) is 46.1 Å². The van der Waals surface area contributed by atoms with Gasteiger partial charge in [0.25, 0.3) is 0 Å². The summed E-state index contributed by atoms with van der Waals surface area (Å²) < 4.78 is 5.24. The molecule has 0 amide bonds. The lowest BCUT2D eigenvalue weighted by molar-refractivity contribution is -0.0150. The fourth-order valence-corrected chi connectivity index (χ4v) is 3.63. The largest absolute Gasteiger partial charge is 0.504 e. The predicted molar refractivity (Wildman–Crippen MR) is 84.5 cm³/mol. The third kappa shape index (κ3) is 3.24. The highest BCUT2D eigenvalue weighted by atomic mass is 16.5. The maximum Gasteiger partial charge on any atom is 0.0817 e. The third-order valence-electron chi connectivity index (χ3n) is 4.25. The monoisotopic (exact) mass is 273 g/mol. The summed E-state index contributed by atoms with van der Waals surface area (Å²) in [5.74, 6) is 0. The van der Waals surface area contributed by atoms with Crippen molar-refractivity contribution >= 4 is 0 Å². The highest BCUT2D eigenvalue weighted by Gasteiger charge is 2.43. The van der Waals surface area contributed by atoms with E-state index in [4.69, 9.17) is 4.74 Å². The van der Waals surface area contributed by atoms with E-state index < -0.39 is 0 Å².